The largest absolute Gasteiger partial charge is 0.416 e. The molecule has 0 amide bonds. The van der Waals surface area contributed by atoms with Crippen molar-refractivity contribution in [2.45, 2.75) is 26.2 Å². The molecule has 0 saturated carbocycles. The summed E-state index contributed by atoms with van der Waals surface area (Å²) in [6.07, 6.45) is -4.29. The summed E-state index contributed by atoms with van der Waals surface area (Å²) in [5.41, 5.74) is 2.73. The molecule has 1 heterocycles. The Labute approximate surface area is 113 Å². The third-order valence-electron chi connectivity index (χ3n) is 2.71. The maximum absolute atomic E-state index is 12.5. The summed E-state index contributed by atoms with van der Waals surface area (Å²) in [7, 11) is 0. The van der Waals surface area contributed by atoms with Gasteiger partial charge in [-0.15, -0.1) is 11.3 Å². The molecule has 2 nitrogen and oxygen atoms in total. The van der Waals surface area contributed by atoms with Crippen molar-refractivity contribution in [3.05, 3.63) is 51.5 Å². The highest BCUT2D eigenvalue weighted by atomic mass is 32.1. The Morgan fingerprint density at radius 2 is 2.05 bits per heavy atom. The predicted octanol–water partition coefficient (Wildman–Crippen LogP) is 3.76. The second-order valence-corrected chi connectivity index (χ2v) is 5.10. The lowest BCUT2D eigenvalue weighted by Gasteiger charge is -2.09. The molecule has 1 aromatic heterocycles. The fourth-order valence-corrected chi connectivity index (χ4v) is 2.42. The summed E-state index contributed by atoms with van der Waals surface area (Å²) in [4.78, 5) is 5.22. The predicted molar refractivity (Wildman–Crippen MR) is 68.8 cm³/mol. The van der Waals surface area contributed by atoms with E-state index in [-0.39, 0.29) is 0 Å². The third kappa shape index (κ3) is 3.78. The van der Waals surface area contributed by atoms with Gasteiger partial charge >= 0.3 is 6.18 Å². The molecule has 0 fully saturated rings. The molecule has 0 saturated heterocycles. The van der Waals surface area contributed by atoms with Crippen molar-refractivity contribution in [2.75, 3.05) is 0 Å². The first-order valence-electron chi connectivity index (χ1n) is 5.72. The number of hydrogen-bond donors (Lipinski definition) is 1. The first kappa shape index (κ1) is 14.0. The van der Waals surface area contributed by atoms with E-state index in [4.69, 9.17) is 0 Å². The number of nitrogens with zero attached hydrogens (tertiary/aromatic N) is 1. The highest BCUT2D eigenvalue weighted by Crippen LogP contribution is 2.29. The number of nitrogens with one attached hydrogen (secondary N) is 1. The summed E-state index contributed by atoms with van der Waals surface area (Å²) in [5, 5.41) is 3.13. The Morgan fingerprint density at radius 1 is 1.26 bits per heavy atom. The lowest BCUT2D eigenvalue weighted by Crippen LogP contribution is -2.13. The molecule has 102 valence electrons. The van der Waals surface area contributed by atoms with Crippen molar-refractivity contribution in [3.63, 3.8) is 0 Å². The maximum Gasteiger partial charge on any atom is 0.416 e. The van der Waals surface area contributed by atoms with Crippen LogP contribution >= 0.6 is 11.3 Å². The van der Waals surface area contributed by atoms with Gasteiger partial charge in [-0.25, -0.2) is 4.98 Å². The van der Waals surface area contributed by atoms with Crippen LogP contribution in [0.5, 0.6) is 0 Å². The average Bonchev–Trinajstić information content (AvgIpc) is 2.75. The summed E-state index contributed by atoms with van der Waals surface area (Å²) >= 11 is 1.54. The van der Waals surface area contributed by atoms with Crippen molar-refractivity contribution >= 4 is 11.3 Å². The van der Waals surface area contributed by atoms with E-state index in [0.717, 1.165) is 16.6 Å². The van der Waals surface area contributed by atoms with E-state index < -0.39 is 11.7 Å². The van der Waals surface area contributed by atoms with Gasteiger partial charge in [0.2, 0.25) is 0 Å². The number of alkyl halides is 3. The highest BCUT2D eigenvalue weighted by molar-refractivity contribution is 7.09. The van der Waals surface area contributed by atoms with E-state index >= 15 is 0 Å². The Balaban J connectivity index is 1.95. The molecule has 0 bridgehead atoms. The molecule has 1 aromatic carbocycles. The summed E-state index contributed by atoms with van der Waals surface area (Å²) < 4.78 is 37.6. The zero-order chi connectivity index (χ0) is 13.9. The molecule has 0 aliphatic rings. The number of hydrogen-bond acceptors (Lipinski definition) is 3. The topological polar surface area (TPSA) is 24.9 Å². The third-order valence-corrected chi connectivity index (χ3v) is 3.65. The molecule has 19 heavy (non-hydrogen) atoms. The van der Waals surface area contributed by atoms with Crippen molar-refractivity contribution < 1.29 is 13.2 Å². The van der Waals surface area contributed by atoms with Gasteiger partial charge in [-0.05, 0) is 18.6 Å². The Kier molecular flexibility index (Phi) is 4.21. The first-order chi connectivity index (χ1) is 8.97. The van der Waals surface area contributed by atoms with Crippen LogP contribution in [-0.4, -0.2) is 4.98 Å². The standard InChI is InChI=1S/C13H13F3N2S/c1-9-12(19-8-18-9)7-17-6-10-3-2-4-11(5-10)13(14,15)16/h2-5,8,17H,6-7H2,1H3. The molecule has 2 rings (SSSR count). The molecule has 2 aromatic rings. The van der Waals surface area contributed by atoms with E-state index in [9.17, 15) is 13.2 Å². The molecular formula is C13H13F3N2S. The monoisotopic (exact) mass is 286 g/mol. The van der Waals surface area contributed by atoms with Crippen LogP contribution < -0.4 is 5.32 Å². The molecular weight excluding hydrogens is 273 g/mol. The molecule has 0 aliphatic carbocycles. The average molecular weight is 286 g/mol. The fourth-order valence-electron chi connectivity index (χ4n) is 1.67. The van der Waals surface area contributed by atoms with Gasteiger partial charge in [-0.2, -0.15) is 13.2 Å². The number of rotatable bonds is 4. The van der Waals surface area contributed by atoms with Gasteiger partial charge in [0, 0.05) is 18.0 Å². The van der Waals surface area contributed by atoms with Crippen LogP contribution in [0.2, 0.25) is 0 Å². The molecule has 0 atom stereocenters. The number of aromatic nitrogens is 1. The van der Waals surface area contributed by atoms with Crippen molar-refractivity contribution in [3.8, 4) is 0 Å². The zero-order valence-corrected chi connectivity index (χ0v) is 11.1. The number of thiazole rings is 1. The molecule has 1 N–H and O–H groups in total. The van der Waals surface area contributed by atoms with Crippen LogP contribution in [0.25, 0.3) is 0 Å². The van der Waals surface area contributed by atoms with Gasteiger partial charge in [0.05, 0.1) is 16.8 Å². The smallest absolute Gasteiger partial charge is 0.308 e. The SMILES string of the molecule is Cc1ncsc1CNCc1cccc(C(F)(F)F)c1. The maximum atomic E-state index is 12.5. The Morgan fingerprint density at radius 3 is 2.68 bits per heavy atom. The Hall–Kier alpha value is -1.40. The van der Waals surface area contributed by atoms with Gasteiger partial charge in [0.15, 0.2) is 0 Å². The Bertz CT molecular complexity index is 549. The minimum absolute atomic E-state index is 0.404. The van der Waals surface area contributed by atoms with Gasteiger partial charge in [-0.3, -0.25) is 0 Å². The van der Waals surface area contributed by atoms with Gasteiger partial charge in [-0.1, -0.05) is 18.2 Å². The van der Waals surface area contributed by atoms with Crippen LogP contribution in [0.3, 0.4) is 0 Å². The second-order valence-electron chi connectivity index (χ2n) is 4.16. The van der Waals surface area contributed by atoms with Gasteiger partial charge in [0.1, 0.15) is 0 Å². The minimum atomic E-state index is -4.29. The zero-order valence-electron chi connectivity index (χ0n) is 10.3. The van der Waals surface area contributed by atoms with E-state index in [1.807, 2.05) is 6.92 Å². The van der Waals surface area contributed by atoms with Crippen molar-refractivity contribution in [2.24, 2.45) is 0 Å². The fraction of sp³-hybridized carbons (Fsp3) is 0.308. The van der Waals surface area contributed by atoms with E-state index in [1.54, 1.807) is 11.6 Å². The minimum Gasteiger partial charge on any atom is -0.308 e. The van der Waals surface area contributed by atoms with Crippen molar-refractivity contribution in [1.29, 1.82) is 0 Å². The van der Waals surface area contributed by atoms with Crippen LogP contribution in [0.4, 0.5) is 13.2 Å². The van der Waals surface area contributed by atoms with E-state index in [2.05, 4.69) is 10.3 Å². The summed E-state index contributed by atoms with van der Waals surface area (Å²) in [5.74, 6) is 0. The molecule has 0 radical (unpaired) electrons. The van der Waals surface area contributed by atoms with Crippen LogP contribution in [0.15, 0.2) is 29.8 Å². The van der Waals surface area contributed by atoms with Crippen LogP contribution in [0.1, 0.15) is 21.7 Å². The van der Waals surface area contributed by atoms with Crippen LogP contribution in [-0.2, 0) is 19.3 Å². The van der Waals surface area contributed by atoms with Crippen LogP contribution in [0, 0.1) is 6.92 Å². The van der Waals surface area contributed by atoms with E-state index in [0.29, 0.717) is 18.7 Å². The lowest BCUT2D eigenvalue weighted by atomic mass is 10.1. The summed E-state index contributed by atoms with van der Waals surface area (Å²) in [6.45, 7) is 2.94. The molecule has 0 spiro atoms. The van der Waals surface area contributed by atoms with Gasteiger partial charge < -0.3 is 5.32 Å². The quantitative estimate of drug-likeness (QED) is 0.925. The van der Waals surface area contributed by atoms with Gasteiger partial charge in [0.25, 0.3) is 0 Å². The number of benzene rings is 1. The molecule has 0 aliphatic heterocycles. The normalized spacial score (nSPS) is 11.8. The first-order valence-corrected chi connectivity index (χ1v) is 6.60. The second kappa shape index (κ2) is 5.71. The van der Waals surface area contributed by atoms with Crippen molar-refractivity contribution in [1.82, 2.24) is 10.3 Å². The lowest BCUT2D eigenvalue weighted by molar-refractivity contribution is -0.137. The highest BCUT2D eigenvalue weighted by Gasteiger charge is 2.30. The molecule has 0 unspecified atom stereocenters. The number of aryl methyl sites for hydroxylation is 1. The van der Waals surface area contributed by atoms with E-state index in [1.165, 1.54) is 23.5 Å². The summed E-state index contributed by atoms with van der Waals surface area (Å²) in [6, 6.07) is 5.36. The number of halogens is 3. The molecule has 6 heteroatoms.